The lowest BCUT2D eigenvalue weighted by molar-refractivity contribution is 0.0967. The first kappa shape index (κ1) is 12.4. The maximum absolute atomic E-state index is 12.8. The molecule has 0 spiro atoms. The summed E-state index contributed by atoms with van der Waals surface area (Å²) in [4.78, 5) is 16.0. The molecule has 4 rings (SSSR count). The third-order valence-electron chi connectivity index (χ3n) is 4.46. The van der Waals surface area contributed by atoms with Crippen molar-refractivity contribution < 1.29 is 4.79 Å². The van der Waals surface area contributed by atoms with Crippen LogP contribution in [0, 0.1) is 12.8 Å². The second kappa shape index (κ2) is 4.59. The minimum absolute atomic E-state index is 0.145. The van der Waals surface area contributed by atoms with Gasteiger partial charge in [0.25, 0.3) is 0 Å². The number of fused-ring (bicyclic) bond motifs is 1. The number of ketones is 1. The van der Waals surface area contributed by atoms with Crippen molar-refractivity contribution in [2.24, 2.45) is 5.92 Å². The lowest BCUT2D eigenvalue weighted by Gasteiger charge is -2.01. The number of aromatic nitrogens is 1. The molecule has 2 atom stereocenters. The molecule has 1 heterocycles. The number of hydrogen-bond donors (Lipinski definition) is 1. The van der Waals surface area contributed by atoms with E-state index in [2.05, 4.69) is 36.2 Å². The fourth-order valence-corrected chi connectivity index (χ4v) is 3.19. The van der Waals surface area contributed by atoms with Gasteiger partial charge in [-0.3, -0.25) is 4.79 Å². The Hall–Kier alpha value is -2.35. The number of Topliss-reactive ketones (excluding diaryl/α,β-unsaturated/α-hetero) is 1. The van der Waals surface area contributed by atoms with Gasteiger partial charge in [0.05, 0.1) is 0 Å². The topological polar surface area (TPSA) is 32.9 Å². The molecule has 0 aliphatic heterocycles. The van der Waals surface area contributed by atoms with Crippen LogP contribution in [0.4, 0.5) is 0 Å². The highest BCUT2D eigenvalue weighted by molar-refractivity contribution is 6.10. The number of aromatic amines is 1. The lowest BCUT2D eigenvalue weighted by atomic mass is 10.0. The minimum Gasteiger partial charge on any atom is -0.360 e. The molecule has 104 valence electrons. The lowest BCUT2D eigenvalue weighted by Crippen LogP contribution is -2.02. The highest BCUT2D eigenvalue weighted by Crippen LogP contribution is 2.49. The molecule has 1 fully saturated rings. The van der Waals surface area contributed by atoms with Crippen LogP contribution in [-0.2, 0) is 0 Å². The molecule has 2 aromatic carbocycles. The summed E-state index contributed by atoms with van der Waals surface area (Å²) in [5.41, 5.74) is 4.36. The van der Waals surface area contributed by atoms with Gasteiger partial charge >= 0.3 is 0 Å². The average Bonchev–Trinajstić information content (AvgIpc) is 3.21. The van der Waals surface area contributed by atoms with Crippen molar-refractivity contribution in [1.29, 1.82) is 0 Å². The Morgan fingerprint density at radius 2 is 1.95 bits per heavy atom. The maximum atomic E-state index is 12.8. The monoisotopic (exact) mass is 275 g/mol. The zero-order valence-corrected chi connectivity index (χ0v) is 12.0. The van der Waals surface area contributed by atoms with Crippen LogP contribution in [0.2, 0.25) is 0 Å². The van der Waals surface area contributed by atoms with E-state index in [-0.39, 0.29) is 11.7 Å². The number of hydrogen-bond acceptors (Lipinski definition) is 1. The van der Waals surface area contributed by atoms with E-state index < -0.39 is 0 Å². The number of carbonyl (C=O) groups is 1. The van der Waals surface area contributed by atoms with Gasteiger partial charge < -0.3 is 4.98 Å². The summed E-state index contributed by atoms with van der Waals surface area (Å²) >= 11 is 0. The van der Waals surface area contributed by atoms with Crippen LogP contribution in [0.25, 0.3) is 10.9 Å². The molecule has 0 radical (unpaired) electrons. The predicted octanol–water partition coefficient (Wildman–Crippen LogP) is 4.46. The van der Waals surface area contributed by atoms with Crippen molar-refractivity contribution >= 4 is 16.7 Å². The normalized spacial score (nSPS) is 20.6. The molecule has 1 aliphatic carbocycles. The molecule has 1 aliphatic rings. The molecule has 2 heteroatoms. The first-order valence-corrected chi connectivity index (χ1v) is 7.41. The number of rotatable bonds is 3. The van der Waals surface area contributed by atoms with E-state index in [1.54, 1.807) is 0 Å². The summed E-state index contributed by atoms with van der Waals surface area (Å²) in [7, 11) is 0. The van der Waals surface area contributed by atoms with Crippen LogP contribution in [0.15, 0.2) is 54.7 Å². The summed E-state index contributed by atoms with van der Waals surface area (Å²) in [6.07, 6.45) is 2.84. The molecular weight excluding hydrogens is 258 g/mol. The maximum Gasteiger partial charge on any atom is 0.168 e. The molecule has 2 nitrogen and oxygen atoms in total. The number of H-pyrrole nitrogens is 1. The zero-order valence-electron chi connectivity index (χ0n) is 12.0. The summed E-state index contributed by atoms with van der Waals surface area (Å²) in [6, 6.07) is 16.6. The van der Waals surface area contributed by atoms with E-state index in [9.17, 15) is 4.79 Å². The van der Waals surface area contributed by atoms with Crippen molar-refractivity contribution in [3.63, 3.8) is 0 Å². The zero-order chi connectivity index (χ0) is 14.4. The molecule has 2 unspecified atom stereocenters. The highest BCUT2D eigenvalue weighted by Gasteiger charge is 2.44. The van der Waals surface area contributed by atoms with Crippen LogP contribution in [0.3, 0.4) is 0 Å². The van der Waals surface area contributed by atoms with Gasteiger partial charge in [0.1, 0.15) is 0 Å². The summed E-state index contributed by atoms with van der Waals surface area (Å²) in [5, 5.41) is 1.05. The van der Waals surface area contributed by atoms with E-state index in [0.29, 0.717) is 5.92 Å². The van der Waals surface area contributed by atoms with Gasteiger partial charge in [-0.15, -0.1) is 0 Å². The van der Waals surface area contributed by atoms with Crippen molar-refractivity contribution in [3.8, 4) is 0 Å². The Kier molecular flexibility index (Phi) is 2.71. The van der Waals surface area contributed by atoms with Crippen molar-refractivity contribution in [2.45, 2.75) is 19.3 Å². The summed E-state index contributed by atoms with van der Waals surface area (Å²) in [6.45, 7) is 2.06. The van der Waals surface area contributed by atoms with Gasteiger partial charge in [0.2, 0.25) is 0 Å². The Labute approximate surface area is 123 Å². The number of carbonyl (C=O) groups excluding carboxylic acids is 1. The van der Waals surface area contributed by atoms with Crippen molar-refractivity contribution in [3.05, 3.63) is 71.4 Å². The first-order valence-electron chi connectivity index (χ1n) is 7.41. The van der Waals surface area contributed by atoms with Crippen LogP contribution < -0.4 is 0 Å². The fourth-order valence-electron chi connectivity index (χ4n) is 3.19. The molecule has 0 amide bonds. The molecule has 1 saturated carbocycles. The van der Waals surface area contributed by atoms with Gasteiger partial charge in [0, 0.05) is 28.6 Å². The molecule has 3 aromatic rings. The SMILES string of the molecule is Cc1ccc2[nH]cc(C(=O)C3CC3c3ccccc3)c2c1. The third kappa shape index (κ3) is 2.07. The largest absolute Gasteiger partial charge is 0.360 e. The second-order valence-corrected chi connectivity index (χ2v) is 5.98. The molecule has 21 heavy (non-hydrogen) atoms. The third-order valence-corrected chi connectivity index (χ3v) is 4.46. The van der Waals surface area contributed by atoms with E-state index in [1.165, 1.54) is 11.1 Å². The predicted molar refractivity (Wildman–Crippen MR) is 84.7 cm³/mol. The van der Waals surface area contributed by atoms with Gasteiger partial charge in [-0.05, 0) is 37.0 Å². The number of aryl methyl sites for hydroxylation is 1. The quantitative estimate of drug-likeness (QED) is 0.703. The molecule has 0 bridgehead atoms. The Balaban J connectivity index is 1.65. The standard InChI is InChI=1S/C19H17NO/c1-12-7-8-18-15(9-12)17(11-20-18)19(21)16-10-14(16)13-5-3-2-4-6-13/h2-9,11,14,16,20H,10H2,1H3. The number of nitrogens with one attached hydrogen (secondary N) is 1. The highest BCUT2D eigenvalue weighted by atomic mass is 16.1. The van der Waals surface area contributed by atoms with Crippen LogP contribution >= 0.6 is 0 Å². The van der Waals surface area contributed by atoms with Crippen LogP contribution in [-0.4, -0.2) is 10.8 Å². The fraction of sp³-hybridized carbons (Fsp3) is 0.211. The average molecular weight is 275 g/mol. The Bertz CT molecular complexity index is 816. The summed E-state index contributed by atoms with van der Waals surface area (Å²) in [5.74, 6) is 0.820. The minimum atomic E-state index is 0.145. The van der Waals surface area contributed by atoms with Gasteiger partial charge in [-0.1, -0.05) is 42.0 Å². The molecule has 1 N–H and O–H groups in total. The van der Waals surface area contributed by atoms with E-state index in [4.69, 9.17) is 0 Å². The Morgan fingerprint density at radius 1 is 1.14 bits per heavy atom. The molecular formula is C19H17NO. The van der Waals surface area contributed by atoms with Crippen molar-refractivity contribution in [2.75, 3.05) is 0 Å². The molecule has 0 saturated heterocycles. The second-order valence-electron chi connectivity index (χ2n) is 5.98. The Morgan fingerprint density at radius 3 is 2.76 bits per heavy atom. The van der Waals surface area contributed by atoms with Crippen molar-refractivity contribution in [1.82, 2.24) is 4.98 Å². The van der Waals surface area contributed by atoms with Gasteiger partial charge in [-0.2, -0.15) is 0 Å². The summed E-state index contributed by atoms with van der Waals surface area (Å²) < 4.78 is 0. The van der Waals surface area contributed by atoms with E-state index in [1.807, 2.05) is 30.5 Å². The molecule has 1 aromatic heterocycles. The van der Waals surface area contributed by atoms with Crippen LogP contribution in [0.5, 0.6) is 0 Å². The first-order chi connectivity index (χ1) is 10.2. The number of benzene rings is 2. The van der Waals surface area contributed by atoms with E-state index in [0.717, 1.165) is 22.9 Å². The van der Waals surface area contributed by atoms with Crippen LogP contribution in [0.1, 0.15) is 33.8 Å². The van der Waals surface area contributed by atoms with E-state index >= 15 is 0 Å². The van der Waals surface area contributed by atoms with Gasteiger partial charge in [0.15, 0.2) is 5.78 Å². The van der Waals surface area contributed by atoms with Gasteiger partial charge in [-0.25, -0.2) is 0 Å². The smallest absolute Gasteiger partial charge is 0.168 e.